The molecule has 0 fully saturated rings. The highest BCUT2D eigenvalue weighted by Gasteiger charge is 2.27. The van der Waals surface area contributed by atoms with Crippen LogP contribution in [0.4, 0.5) is 0 Å². The van der Waals surface area contributed by atoms with E-state index in [1.165, 1.54) is 16.1 Å². The van der Waals surface area contributed by atoms with E-state index in [-0.39, 0.29) is 19.0 Å². The van der Waals surface area contributed by atoms with Crippen LogP contribution in [-0.4, -0.2) is 30.1 Å². The van der Waals surface area contributed by atoms with Crippen molar-refractivity contribution in [2.75, 3.05) is 6.26 Å². The second-order valence-electron chi connectivity index (χ2n) is 7.47. The molecule has 158 valence electrons. The van der Waals surface area contributed by atoms with Crippen molar-refractivity contribution < 1.29 is 18.3 Å². The third-order valence-corrected chi connectivity index (χ3v) is 6.27. The van der Waals surface area contributed by atoms with Crippen molar-refractivity contribution in [3.63, 3.8) is 0 Å². The van der Waals surface area contributed by atoms with Crippen molar-refractivity contribution in [2.45, 2.75) is 58.5 Å². The lowest BCUT2D eigenvalue weighted by Crippen LogP contribution is -2.33. The number of aryl methyl sites for hydroxylation is 1. The number of sulfonamides is 1. The van der Waals surface area contributed by atoms with Crippen LogP contribution in [-0.2, 0) is 34.2 Å². The minimum Gasteiger partial charge on any atom is -0.481 e. The average Bonchev–Trinajstić information content (AvgIpc) is 2.66. The Bertz CT molecular complexity index is 907. The Morgan fingerprint density at radius 1 is 1.03 bits per heavy atom. The molecule has 0 spiro atoms. The predicted molar refractivity (Wildman–Crippen MR) is 116 cm³/mol. The Morgan fingerprint density at radius 2 is 1.69 bits per heavy atom. The van der Waals surface area contributed by atoms with Crippen LogP contribution in [0.25, 0.3) is 0 Å². The summed E-state index contributed by atoms with van der Waals surface area (Å²) >= 11 is 0. The molecule has 1 unspecified atom stereocenters. The van der Waals surface area contributed by atoms with E-state index in [2.05, 4.69) is 19.1 Å². The van der Waals surface area contributed by atoms with Gasteiger partial charge in [0.15, 0.2) is 0 Å². The molecule has 1 atom stereocenters. The van der Waals surface area contributed by atoms with Gasteiger partial charge in [0.05, 0.1) is 12.7 Å². The summed E-state index contributed by atoms with van der Waals surface area (Å²) in [6, 6.07) is 15.0. The van der Waals surface area contributed by atoms with Gasteiger partial charge in [-0.2, -0.15) is 4.31 Å². The number of nitrogens with zero attached hydrogens (tertiary/aromatic N) is 1. The maximum Gasteiger partial charge on any atom is 0.307 e. The van der Waals surface area contributed by atoms with Crippen LogP contribution in [0.5, 0.6) is 0 Å². The van der Waals surface area contributed by atoms with Crippen LogP contribution in [0.1, 0.15) is 61.4 Å². The fourth-order valence-electron chi connectivity index (χ4n) is 3.52. The van der Waals surface area contributed by atoms with E-state index < -0.39 is 16.0 Å². The average molecular weight is 418 g/mol. The Hall–Kier alpha value is -2.18. The number of carbonyl (C=O) groups is 1. The number of hydrogen-bond acceptors (Lipinski definition) is 3. The summed E-state index contributed by atoms with van der Waals surface area (Å²) in [7, 11) is -3.47. The number of unbranched alkanes of at least 4 members (excludes halogenated alkanes) is 1. The Morgan fingerprint density at radius 3 is 2.24 bits per heavy atom. The molecule has 2 aromatic carbocycles. The summed E-state index contributed by atoms with van der Waals surface area (Å²) in [5.41, 5.74) is 3.68. The van der Waals surface area contributed by atoms with Crippen molar-refractivity contribution in [1.29, 1.82) is 0 Å². The summed E-state index contributed by atoms with van der Waals surface area (Å²) in [4.78, 5) is 11.0. The number of carboxylic acids is 1. The molecule has 0 aromatic heterocycles. The highest BCUT2D eigenvalue weighted by atomic mass is 32.2. The first kappa shape index (κ1) is 23.1. The largest absolute Gasteiger partial charge is 0.481 e. The van der Waals surface area contributed by atoms with Crippen LogP contribution >= 0.6 is 0 Å². The molecule has 0 bridgehead atoms. The van der Waals surface area contributed by atoms with Gasteiger partial charge in [-0.15, -0.1) is 0 Å². The predicted octanol–water partition coefficient (Wildman–Crippen LogP) is 4.57. The van der Waals surface area contributed by atoms with Crippen LogP contribution in [0.2, 0.25) is 0 Å². The van der Waals surface area contributed by atoms with Crippen molar-refractivity contribution in [2.24, 2.45) is 0 Å². The lowest BCUT2D eigenvalue weighted by Gasteiger charge is -2.30. The Balaban J connectivity index is 2.29. The van der Waals surface area contributed by atoms with Gasteiger partial charge in [-0.1, -0.05) is 68.8 Å². The first-order valence-corrected chi connectivity index (χ1v) is 11.9. The van der Waals surface area contributed by atoms with E-state index in [0.717, 1.165) is 30.4 Å². The van der Waals surface area contributed by atoms with E-state index in [4.69, 9.17) is 5.11 Å². The zero-order chi connectivity index (χ0) is 21.4. The molecular weight excluding hydrogens is 386 g/mol. The van der Waals surface area contributed by atoms with Gasteiger partial charge < -0.3 is 5.11 Å². The van der Waals surface area contributed by atoms with E-state index in [9.17, 15) is 13.2 Å². The first-order valence-electron chi connectivity index (χ1n) is 10.1. The molecule has 0 heterocycles. The highest BCUT2D eigenvalue weighted by molar-refractivity contribution is 7.88. The molecule has 2 rings (SSSR count). The van der Waals surface area contributed by atoms with Crippen LogP contribution < -0.4 is 0 Å². The molecule has 5 nitrogen and oxygen atoms in total. The molecular formula is C23H31NO4S. The molecule has 0 radical (unpaired) electrons. The topological polar surface area (TPSA) is 74.7 Å². The summed E-state index contributed by atoms with van der Waals surface area (Å²) in [5.74, 6) is -0.904. The third-order valence-electron chi connectivity index (χ3n) is 5.03. The van der Waals surface area contributed by atoms with E-state index in [1.807, 2.05) is 25.1 Å². The lowest BCUT2D eigenvalue weighted by molar-refractivity contribution is -0.136. The molecule has 0 amide bonds. The van der Waals surface area contributed by atoms with Gasteiger partial charge in [0, 0.05) is 12.6 Å². The standard InChI is InChI=1S/C23H31NO4S/c1-4-6-8-18-11-13-19(14-12-18)17-24(29(3,27)28)22(5-2)21-10-7-9-20(15-21)16-23(25)26/h7,9-15,22H,4-6,8,16-17H2,1-3H3,(H,25,26). The van der Waals surface area contributed by atoms with Gasteiger partial charge in [-0.3, -0.25) is 4.79 Å². The normalized spacial score (nSPS) is 12.8. The molecule has 0 saturated carbocycles. The monoisotopic (exact) mass is 417 g/mol. The minimum absolute atomic E-state index is 0.0810. The molecule has 1 N–H and O–H groups in total. The van der Waals surface area contributed by atoms with Crippen LogP contribution in [0.15, 0.2) is 48.5 Å². The SMILES string of the molecule is CCCCc1ccc(CN(C(CC)c2cccc(CC(=O)O)c2)S(C)(=O)=O)cc1. The van der Waals surface area contributed by atoms with Crippen molar-refractivity contribution in [3.8, 4) is 0 Å². The fraction of sp³-hybridized carbons (Fsp3) is 0.435. The van der Waals surface area contributed by atoms with Crippen LogP contribution in [0, 0.1) is 0 Å². The van der Waals surface area contributed by atoms with E-state index in [0.29, 0.717) is 12.0 Å². The quantitative estimate of drug-likeness (QED) is 0.581. The smallest absolute Gasteiger partial charge is 0.307 e. The minimum atomic E-state index is -3.47. The Labute approximate surface area is 174 Å². The second kappa shape index (κ2) is 10.6. The molecule has 2 aromatic rings. The van der Waals surface area contributed by atoms with Crippen molar-refractivity contribution in [1.82, 2.24) is 4.31 Å². The van der Waals surface area contributed by atoms with Gasteiger partial charge >= 0.3 is 5.97 Å². The third kappa shape index (κ3) is 6.98. The molecule has 0 saturated heterocycles. The number of hydrogen-bond donors (Lipinski definition) is 1. The van der Waals surface area contributed by atoms with Gasteiger partial charge in [0.1, 0.15) is 0 Å². The molecule has 0 aliphatic carbocycles. The number of benzene rings is 2. The van der Waals surface area contributed by atoms with Crippen LogP contribution in [0.3, 0.4) is 0 Å². The van der Waals surface area contributed by atoms with Gasteiger partial charge in [-0.25, -0.2) is 8.42 Å². The maximum atomic E-state index is 12.6. The number of carboxylic acid groups (broad SMARTS) is 1. The van der Waals surface area contributed by atoms with Gasteiger partial charge in [-0.05, 0) is 41.5 Å². The molecule has 6 heteroatoms. The highest BCUT2D eigenvalue weighted by Crippen LogP contribution is 2.29. The zero-order valence-electron chi connectivity index (χ0n) is 17.5. The van der Waals surface area contributed by atoms with Crippen molar-refractivity contribution >= 4 is 16.0 Å². The number of rotatable bonds is 11. The Kier molecular flexibility index (Phi) is 8.41. The second-order valence-corrected chi connectivity index (χ2v) is 9.40. The number of aliphatic carboxylic acids is 1. The lowest BCUT2D eigenvalue weighted by atomic mass is 10.00. The molecule has 0 aliphatic heterocycles. The molecule has 0 aliphatic rings. The summed E-state index contributed by atoms with van der Waals surface area (Å²) < 4.78 is 26.7. The van der Waals surface area contributed by atoms with Crippen molar-refractivity contribution in [3.05, 3.63) is 70.8 Å². The van der Waals surface area contributed by atoms with Gasteiger partial charge in [0.25, 0.3) is 0 Å². The fourth-order valence-corrected chi connectivity index (χ4v) is 4.64. The molecule has 29 heavy (non-hydrogen) atoms. The summed E-state index contributed by atoms with van der Waals surface area (Å²) in [5, 5.41) is 9.06. The van der Waals surface area contributed by atoms with Gasteiger partial charge in [0.2, 0.25) is 10.0 Å². The summed E-state index contributed by atoms with van der Waals surface area (Å²) in [6.07, 6.45) is 5.05. The zero-order valence-corrected chi connectivity index (χ0v) is 18.3. The first-order chi connectivity index (χ1) is 13.7. The van der Waals surface area contributed by atoms with E-state index >= 15 is 0 Å². The summed E-state index contributed by atoms with van der Waals surface area (Å²) in [6.45, 7) is 4.39. The van der Waals surface area contributed by atoms with E-state index in [1.54, 1.807) is 18.2 Å². The maximum absolute atomic E-state index is 12.6.